The number of phosphoric ester groups is 1. The number of carbonyl (C=O) groups excluding carboxylic acids is 2. The minimum absolute atomic E-state index is 0.0538. The molecule has 0 fully saturated rings. The number of hydrogen-bond acceptors (Lipinski definition) is 8. The van der Waals surface area contributed by atoms with E-state index in [2.05, 4.69) is 74.6 Å². The third kappa shape index (κ3) is 68.7. The predicted molar refractivity (Wildman–Crippen MR) is 358 cm³/mol. The Kier molecular flexibility index (Phi) is 66.9. The number of carbonyl (C=O) groups is 2. The van der Waals surface area contributed by atoms with E-state index < -0.39 is 26.5 Å². The van der Waals surface area contributed by atoms with Gasteiger partial charge < -0.3 is 20.1 Å². The minimum Gasteiger partial charge on any atom is -0.462 e. The second-order valence-corrected chi connectivity index (χ2v) is 25.5. The SMILES string of the molecule is CC/C=C\C/C=C\C/C=C\C/C=C\CCCCCCCCCCCCCCCCC(=O)OC(COC(=O)CCCCCCCCCCCCCCCCCCCCCCCCC/C=C\CCCCCCCCCC)COP(=O)(O)OCCN. The summed E-state index contributed by atoms with van der Waals surface area (Å²) in [5.74, 6) is -0.811. The Bertz CT molecular complexity index is 1540. The molecule has 0 radical (unpaired) electrons. The molecule has 83 heavy (non-hydrogen) atoms. The first-order chi connectivity index (χ1) is 40.8. The van der Waals surface area contributed by atoms with Gasteiger partial charge in [-0.3, -0.25) is 18.6 Å². The molecule has 3 N–H and O–H groups in total. The molecular formula is C73H136NO8P. The Morgan fingerprint density at radius 1 is 0.373 bits per heavy atom. The molecule has 2 unspecified atom stereocenters. The van der Waals surface area contributed by atoms with Crippen LogP contribution in [-0.2, 0) is 32.7 Å². The molecule has 0 saturated carbocycles. The molecular weight excluding hydrogens is 1050 g/mol. The van der Waals surface area contributed by atoms with Crippen LogP contribution in [0.5, 0.6) is 0 Å². The van der Waals surface area contributed by atoms with E-state index in [9.17, 15) is 19.0 Å². The summed E-state index contributed by atoms with van der Waals surface area (Å²) in [6.45, 7) is 3.69. The molecule has 9 nitrogen and oxygen atoms in total. The van der Waals surface area contributed by atoms with Crippen LogP contribution in [0.15, 0.2) is 60.8 Å². The van der Waals surface area contributed by atoms with Crippen molar-refractivity contribution in [3.63, 3.8) is 0 Å². The van der Waals surface area contributed by atoms with Crippen LogP contribution in [0.25, 0.3) is 0 Å². The molecule has 0 aliphatic carbocycles. The predicted octanol–water partition coefficient (Wildman–Crippen LogP) is 23.4. The van der Waals surface area contributed by atoms with E-state index in [-0.39, 0.29) is 38.6 Å². The van der Waals surface area contributed by atoms with Crippen molar-refractivity contribution in [3.05, 3.63) is 60.8 Å². The molecule has 0 aromatic heterocycles. The number of esters is 2. The van der Waals surface area contributed by atoms with Gasteiger partial charge in [-0.1, -0.05) is 331 Å². The van der Waals surface area contributed by atoms with Crippen molar-refractivity contribution in [2.75, 3.05) is 26.4 Å². The van der Waals surface area contributed by atoms with Crippen LogP contribution in [0.4, 0.5) is 0 Å². The smallest absolute Gasteiger partial charge is 0.462 e. The second kappa shape index (κ2) is 68.8. The summed E-state index contributed by atoms with van der Waals surface area (Å²) in [5.41, 5.74) is 5.40. The fraction of sp³-hybridized carbons (Fsp3) is 0.836. The molecule has 0 amide bonds. The molecule has 0 heterocycles. The van der Waals surface area contributed by atoms with Crippen LogP contribution in [0.2, 0.25) is 0 Å². The van der Waals surface area contributed by atoms with Gasteiger partial charge >= 0.3 is 19.8 Å². The number of hydrogen-bond donors (Lipinski definition) is 2. The molecule has 0 aromatic carbocycles. The van der Waals surface area contributed by atoms with Crippen LogP contribution in [0, 0.1) is 0 Å². The summed E-state index contributed by atoms with van der Waals surface area (Å²) in [4.78, 5) is 35.4. The molecule has 10 heteroatoms. The topological polar surface area (TPSA) is 134 Å². The average Bonchev–Trinajstić information content (AvgIpc) is 3.48. The summed E-state index contributed by atoms with van der Waals surface area (Å²) >= 11 is 0. The van der Waals surface area contributed by atoms with Crippen molar-refractivity contribution >= 4 is 19.8 Å². The van der Waals surface area contributed by atoms with Crippen molar-refractivity contribution in [2.45, 2.75) is 367 Å². The van der Waals surface area contributed by atoms with Gasteiger partial charge in [-0.25, -0.2) is 4.57 Å². The van der Waals surface area contributed by atoms with Gasteiger partial charge in [0.15, 0.2) is 6.10 Å². The third-order valence-corrected chi connectivity index (χ3v) is 16.9. The molecule has 0 aliphatic heterocycles. The average molecular weight is 1190 g/mol. The lowest BCUT2D eigenvalue weighted by Gasteiger charge is -2.19. The van der Waals surface area contributed by atoms with Crippen LogP contribution in [0.1, 0.15) is 361 Å². The molecule has 486 valence electrons. The van der Waals surface area contributed by atoms with Crippen molar-refractivity contribution < 1.29 is 37.6 Å². The summed E-state index contributed by atoms with van der Waals surface area (Å²) in [6.07, 6.45) is 89.0. The standard InChI is InChI=1S/C73H136NO8P/c1-3-5-7-9-11-13-15-17-19-21-23-25-27-29-31-32-33-34-35-36-37-38-40-41-43-45-47-49-51-53-55-57-59-61-63-65-72(75)79-69-71(70-81-83(77,78)80-68-67-74)82-73(76)66-64-62-60-58-56-54-52-50-48-46-44-42-39-30-28-26-24-22-20-18-16-14-12-10-8-6-4-2/h6,8,12,14,18,20-21,23-24,26,71H,3-5,7,9-11,13,15-17,19,22,25,27-70,74H2,1-2H3,(H,77,78)/b8-6-,14-12-,20-18-,23-21-,26-24-. The lowest BCUT2D eigenvalue weighted by Crippen LogP contribution is -2.29. The monoisotopic (exact) mass is 1190 g/mol. The Morgan fingerprint density at radius 3 is 1.00 bits per heavy atom. The van der Waals surface area contributed by atoms with Gasteiger partial charge in [-0.2, -0.15) is 0 Å². The first-order valence-corrected chi connectivity index (χ1v) is 37.3. The fourth-order valence-corrected chi connectivity index (χ4v) is 11.4. The minimum atomic E-state index is -4.39. The quantitative estimate of drug-likeness (QED) is 0.0264. The number of phosphoric acid groups is 1. The third-order valence-electron chi connectivity index (χ3n) is 15.9. The highest BCUT2D eigenvalue weighted by Crippen LogP contribution is 2.43. The van der Waals surface area contributed by atoms with Gasteiger partial charge in [0, 0.05) is 19.4 Å². The van der Waals surface area contributed by atoms with Gasteiger partial charge in [-0.15, -0.1) is 0 Å². The molecule has 2 atom stereocenters. The van der Waals surface area contributed by atoms with Gasteiger partial charge in [0.05, 0.1) is 13.2 Å². The lowest BCUT2D eigenvalue weighted by molar-refractivity contribution is -0.161. The normalized spacial score (nSPS) is 13.3. The van der Waals surface area contributed by atoms with E-state index in [4.69, 9.17) is 24.3 Å². The molecule has 0 saturated heterocycles. The summed E-state index contributed by atoms with van der Waals surface area (Å²) in [7, 11) is -4.39. The number of rotatable bonds is 68. The number of ether oxygens (including phenoxy) is 2. The first kappa shape index (κ1) is 80.7. The number of allylic oxidation sites excluding steroid dienone is 10. The largest absolute Gasteiger partial charge is 0.472 e. The van der Waals surface area contributed by atoms with Crippen molar-refractivity contribution in [1.29, 1.82) is 0 Å². The maximum Gasteiger partial charge on any atom is 0.472 e. The van der Waals surface area contributed by atoms with Crippen molar-refractivity contribution in [3.8, 4) is 0 Å². The second-order valence-electron chi connectivity index (χ2n) is 24.1. The van der Waals surface area contributed by atoms with E-state index in [0.717, 1.165) is 64.2 Å². The van der Waals surface area contributed by atoms with Gasteiger partial charge in [0.25, 0.3) is 0 Å². The van der Waals surface area contributed by atoms with E-state index in [1.165, 1.54) is 263 Å². The van der Waals surface area contributed by atoms with Crippen molar-refractivity contribution in [2.24, 2.45) is 5.73 Å². The maximum atomic E-state index is 12.8. The zero-order valence-corrected chi connectivity index (χ0v) is 55.6. The van der Waals surface area contributed by atoms with Crippen molar-refractivity contribution in [1.82, 2.24) is 0 Å². The summed E-state index contributed by atoms with van der Waals surface area (Å²) in [5, 5.41) is 0. The Balaban J connectivity index is 3.81. The molecule has 0 spiro atoms. The lowest BCUT2D eigenvalue weighted by atomic mass is 10.0. The van der Waals surface area contributed by atoms with Crippen LogP contribution < -0.4 is 5.73 Å². The zero-order valence-electron chi connectivity index (χ0n) is 54.7. The highest BCUT2D eigenvalue weighted by molar-refractivity contribution is 7.47. The first-order valence-electron chi connectivity index (χ1n) is 35.8. The molecule has 0 aromatic rings. The van der Waals surface area contributed by atoms with Gasteiger partial charge in [0.1, 0.15) is 6.61 Å². The molecule has 0 bridgehead atoms. The van der Waals surface area contributed by atoms with E-state index in [1.807, 2.05) is 0 Å². The maximum absolute atomic E-state index is 12.8. The van der Waals surface area contributed by atoms with Crippen LogP contribution >= 0.6 is 7.82 Å². The Labute approximate surface area is 514 Å². The number of nitrogens with two attached hydrogens (primary N) is 1. The highest BCUT2D eigenvalue weighted by Gasteiger charge is 2.26. The summed E-state index contributed by atoms with van der Waals surface area (Å²) < 4.78 is 33.2. The Hall–Kier alpha value is -2.29. The number of unbranched alkanes of at least 4 members (excludes halogenated alkanes) is 45. The van der Waals surface area contributed by atoms with Crippen LogP contribution in [0.3, 0.4) is 0 Å². The Morgan fingerprint density at radius 2 is 0.663 bits per heavy atom. The van der Waals surface area contributed by atoms with Crippen LogP contribution in [-0.4, -0.2) is 49.3 Å². The molecule has 0 aliphatic rings. The zero-order chi connectivity index (χ0) is 60.1. The van der Waals surface area contributed by atoms with E-state index >= 15 is 0 Å². The summed E-state index contributed by atoms with van der Waals surface area (Å²) in [6, 6.07) is 0. The van der Waals surface area contributed by atoms with Gasteiger partial charge in [0.2, 0.25) is 0 Å². The van der Waals surface area contributed by atoms with Gasteiger partial charge in [-0.05, 0) is 77.0 Å². The van der Waals surface area contributed by atoms with E-state index in [0.29, 0.717) is 6.42 Å². The molecule has 0 rings (SSSR count). The highest BCUT2D eigenvalue weighted by atomic mass is 31.2. The van der Waals surface area contributed by atoms with E-state index in [1.54, 1.807) is 0 Å². The fourth-order valence-electron chi connectivity index (χ4n) is 10.6.